The fourth-order valence-electron chi connectivity index (χ4n) is 5.78. The quantitative estimate of drug-likeness (QED) is 0.203. The first-order valence-electron chi connectivity index (χ1n) is 14.5. The van der Waals surface area contributed by atoms with Crippen molar-refractivity contribution in [2.45, 2.75) is 69.7 Å². The Morgan fingerprint density at radius 1 is 1.19 bits per heavy atom. The van der Waals surface area contributed by atoms with Crippen LogP contribution in [0.3, 0.4) is 0 Å². The monoisotopic (exact) mass is 724 g/mol. The van der Waals surface area contributed by atoms with Gasteiger partial charge in [0.15, 0.2) is 11.5 Å². The fourth-order valence-corrected chi connectivity index (χ4v) is 6.66. The molecular weight excluding hydrogens is 687 g/mol. The minimum Gasteiger partial charge on any atom is -0.493 e. The zero-order valence-electron chi connectivity index (χ0n) is 24.1. The highest BCUT2D eigenvalue weighted by Crippen LogP contribution is 2.37. The summed E-state index contributed by atoms with van der Waals surface area (Å²) in [4.78, 5) is 40.1. The molecule has 43 heavy (non-hydrogen) atoms. The van der Waals surface area contributed by atoms with E-state index in [0.29, 0.717) is 49.9 Å². The predicted octanol–water partition coefficient (Wildman–Crippen LogP) is 4.68. The largest absolute Gasteiger partial charge is 0.493 e. The molecule has 4 rings (SSSR count). The first-order valence-corrected chi connectivity index (χ1v) is 16.0. The summed E-state index contributed by atoms with van der Waals surface area (Å²) < 4.78 is 12.4. The Morgan fingerprint density at radius 2 is 1.91 bits per heavy atom. The first kappa shape index (κ1) is 33.2. The van der Waals surface area contributed by atoms with Crippen LogP contribution in [0, 0.1) is 9.49 Å². The minimum absolute atomic E-state index is 0.0581. The molecule has 11 heteroatoms. The van der Waals surface area contributed by atoms with Crippen molar-refractivity contribution in [1.29, 1.82) is 0 Å². The molecule has 2 aromatic carbocycles. The molecule has 0 unspecified atom stereocenters. The summed E-state index contributed by atoms with van der Waals surface area (Å²) in [5.41, 5.74) is 1.57. The lowest BCUT2D eigenvalue weighted by atomic mass is 9.87. The van der Waals surface area contributed by atoms with Gasteiger partial charge in [-0.25, -0.2) is 0 Å². The molecule has 0 saturated heterocycles. The Kier molecular flexibility index (Phi) is 12.3. The van der Waals surface area contributed by atoms with Gasteiger partial charge >= 0.3 is 0 Å². The van der Waals surface area contributed by atoms with Gasteiger partial charge in [0.05, 0.1) is 23.3 Å². The third-order valence-electron chi connectivity index (χ3n) is 8.08. The van der Waals surface area contributed by atoms with Gasteiger partial charge in [-0.05, 0) is 70.8 Å². The van der Waals surface area contributed by atoms with Crippen molar-refractivity contribution in [2.24, 2.45) is 5.92 Å². The Balaban J connectivity index is 1.69. The smallest absolute Gasteiger partial charge is 0.247 e. The molecule has 2 amide bonds. The molecule has 2 aliphatic carbocycles. The lowest BCUT2D eigenvalue weighted by Gasteiger charge is -2.41. The maximum Gasteiger partial charge on any atom is 0.247 e. The molecule has 2 aliphatic rings. The number of aldehydes is 1. The Morgan fingerprint density at radius 3 is 2.56 bits per heavy atom. The molecule has 232 valence electrons. The minimum atomic E-state index is -1.19. The molecule has 1 saturated carbocycles. The van der Waals surface area contributed by atoms with E-state index >= 15 is 0 Å². The maximum atomic E-state index is 13.9. The van der Waals surface area contributed by atoms with Crippen molar-refractivity contribution >= 4 is 52.3 Å². The van der Waals surface area contributed by atoms with Gasteiger partial charge in [-0.3, -0.25) is 14.4 Å². The van der Waals surface area contributed by atoms with E-state index in [1.165, 1.54) is 26.0 Å². The Hall–Kier alpha value is -2.67. The molecule has 3 N–H and O–H groups in total. The van der Waals surface area contributed by atoms with E-state index in [0.717, 1.165) is 24.8 Å². The summed E-state index contributed by atoms with van der Waals surface area (Å²) in [5.74, 6) is 0.596. The molecule has 0 bridgehead atoms. The lowest BCUT2D eigenvalue weighted by Crippen LogP contribution is -2.54. The number of halogens is 2. The second-order valence-electron chi connectivity index (χ2n) is 11.0. The molecule has 3 atom stereocenters. The number of nitrogens with zero attached hydrogens (tertiary/aromatic N) is 1. The van der Waals surface area contributed by atoms with Crippen LogP contribution < -0.4 is 14.8 Å². The van der Waals surface area contributed by atoms with Gasteiger partial charge < -0.3 is 29.9 Å². The van der Waals surface area contributed by atoms with Crippen molar-refractivity contribution in [3.8, 4) is 11.5 Å². The standard InChI is InChI=1S/C32H38ClIN2O7/c1-42-28-15-22(19-38)14-25(34)31(28)43-27-17-23(32(41)35-12-13-37)16-26(30(27)40)36(18-21-6-9-24(33)10-7-21)29(39)11-8-20-4-2-3-5-20/h6-7,9-10,14-15,17,19-20,26-27,30,37,40H,2-5,8,11-13,16,18H2,1H3,(H,35,41)/t26-,27+,30+/m1/s1. The van der Waals surface area contributed by atoms with Gasteiger partial charge in [-0.2, -0.15) is 0 Å². The molecule has 0 aromatic heterocycles. The molecule has 1 fully saturated rings. The van der Waals surface area contributed by atoms with Crippen molar-refractivity contribution in [3.05, 3.63) is 67.8 Å². The van der Waals surface area contributed by atoms with E-state index in [1.807, 2.05) is 34.7 Å². The van der Waals surface area contributed by atoms with Gasteiger partial charge in [0.25, 0.3) is 0 Å². The first-order chi connectivity index (χ1) is 20.7. The van der Waals surface area contributed by atoms with E-state index in [9.17, 15) is 24.6 Å². The summed E-state index contributed by atoms with van der Waals surface area (Å²) in [6, 6.07) is 9.59. The van der Waals surface area contributed by atoms with Gasteiger partial charge in [0.1, 0.15) is 18.5 Å². The highest BCUT2D eigenvalue weighted by atomic mass is 127. The van der Waals surface area contributed by atoms with Gasteiger partial charge in [0, 0.05) is 42.1 Å². The molecule has 0 spiro atoms. The van der Waals surface area contributed by atoms with E-state index in [1.54, 1.807) is 29.2 Å². The van der Waals surface area contributed by atoms with Crippen LogP contribution in [-0.4, -0.2) is 71.7 Å². The van der Waals surface area contributed by atoms with E-state index < -0.39 is 24.2 Å². The second-order valence-corrected chi connectivity index (χ2v) is 12.6. The summed E-state index contributed by atoms with van der Waals surface area (Å²) in [6.07, 6.45) is 5.86. The molecule has 0 radical (unpaired) electrons. The van der Waals surface area contributed by atoms with Gasteiger partial charge in [-0.15, -0.1) is 0 Å². The van der Waals surface area contributed by atoms with Crippen molar-refractivity contribution in [2.75, 3.05) is 20.3 Å². The zero-order valence-corrected chi connectivity index (χ0v) is 27.1. The molecule has 2 aromatic rings. The van der Waals surface area contributed by atoms with E-state index in [-0.39, 0.29) is 32.0 Å². The number of carbonyl (C=O) groups is 3. The van der Waals surface area contributed by atoms with E-state index in [4.69, 9.17) is 21.1 Å². The number of rotatable bonds is 13. The van der Waals surface area contributed by atoms with Crippen LogP contribution in [0.1, 0.15) is 60.9 Å². The fraction of sp³-hybridized carbons (Fsp3) is 0.469. The number of methoxy groups -OCH3 is 1. The van der Waals surface area contributed by atoms with E-state index in [2.05, 4.69) is 5.32 Å². The Bertz CT molecular complexity index is 1310. The van der Waals surface area contributed by atoms with Gasteiger partial charge in [0.2, 0.25) is 11.8 Å². The highest BCUT2D eigenvalue weighted by molar-refractivity contribution is 14.1. The molecule has 0 heterocycles. The number of ether oxygens (including phenoxy) is 2. The number of benzene rings is 2. The predicted molar refractivity (Wildman–Crippen MR) is 171 cm³/mol. The van der Waals surface area contributed by atoms with Crippen LogP contribution in [0.5, 0.6) is 11.5 Å². The van der Waals surface area contributed by atoms with Crippen LogP contribution in [0.15, 0.2) is 48.0 Å². The molecule has 9 nitrogen and oxygen atoms in total. The van der Waals surface area contributed by atoms with Crippen molar-refractivity contribution in [1.82, 2.24) is 10.2 Å². The summed E-state index contributed by atoms with van der Waals surface area (Å²) in [5, 5.41) is 24.3. The number of amides is 2. The number of hydrogen-bond acceptors (Lipinski definition) is 7. The second kappa shape index (κ2) is 15.9. The number of carbonyl (C=O) groups excluding carboxylic acids is 3. The average molecular weight is 725 g/mol. The zero-order chi connectivity index (χ0) is 30.9. The SMILES string of the molecule is COc1cc(C=O)cc(I)c1O[C@H]1C=C(C(=O)NCCO)C[C@@H](N(Cc2ccc(Cl)cc2)C(=O)CCC2CCCC2)[C@@H]1O. The van der Waals surface area contributed by atoms with Crippen molar-refractivity contribution < 1.29 is 34.1 Å². The number of hydrogen-bond donors (Lipinski definition) is 3. The van der Waals surface area contributed by atoms with Gasteiger partial charge in [-0.1, -0.05) is 49.4 Å². The summed E-state index contributed by atoms with van der Waals surface area (Å²) in [7, 11) is 1.45. The maximum absolute atomic E-state index is 13.9. The van der Waals surface area contributed by atoms with Crippen LogP contribution in [0.2, 0.25) is 5.02 Å². The lowest BCUT2D eigenvalue weighted by molar-refractivity contribution is -0.139. The molecule has 0 aliphatic heterocycles. The van der Waals surface area contributed by atoms with Crippen LogP contribution in [0.4, 0.5) is 0 Å². The number of nitrogens with one attached hydrogen (secondary N) is 1. The van der Waals surface area contributed by atoms with Crippen LogP contribution >= 0.6 is 34.2 Å². The third kappa shape index (κ3) is 8.71. The number of aliphatic hydroxyl groups excluding tert-OH is 2. The third-order valence-corrected chi connectivity index (χ3v) is 9.14. The normalized spacial score (nSPS) is 20.3. The molecular formula is C32H38ClIN2O7. The number of aliphatic hydroxyl groups is 2. The van der Waals surface area contributed by atoms with Crippen LogP contribution in [-0.2, 0) is 16.1 Å². The van der Waals surface area contributed by atoms with Crippen LogP contribution in [0.25, 0.3) is 0 Å². The Labute approximate surface area is 270 Å². The summed E-state index contributed by atoms with van der Waals surface area (Å²) in [6.45, 7) is 0.0456. The van der Waals surface area contributed by atoms with Crippen molar-refractivity contribution in [3.63, 3.8) is 0 Å². The average Bonchev–Trinajstić information content (AvgIpc) is 3.54. The topological polar surface area (TPSA) is 125 Å². The highest BCUT2D eigenvalue weighted by Gasteiger charge is 2.41. The summed E-state index contributed by atoms with van der Waals surface area (Å²) >= 11 is 8.14.